The Hall–Kier alpha value is -3.65. The Morgan fingerprint density at radius 3 is 2.51 bits per heavy atom. The summed E-state index contributed by atoms with van der Waals surface area (Å²) in [6.45, 7) is 6.86. The van der Waals surface area contributed by atoms with E-state index in [2.05, 4.69) is 41.0 Å². The van der Waals surface area contributed by atoms with Gasteiger partial charge in [-0.05, 0) is 35.1 Å². The van der Waals surface area contributed by atoms with Crippen LogP contribution in [-0.4, -0.2) is 70.3 Å². The van der Waals surface area contributed by atoms with E-state index in [0.29, 0.717) is 15.7 Å². The number of rotatable bonds is 9. The van der Waals surface area contributed by atoms with Crippen molar-refractivity contribution in [3.63, 3.8) is 0 Å². The second-order valence-electron chi connectivity index (χ2n) is 10.9. The zero-order chi connectivity index (χ0) is 30.9. The number of pyridine rings is 1. The molecule has 3 aromatic heterocycles. The number of anilines is 1. The van der Waals surface area contributed by atoms with E-state index in [-0.39, 0.29) is 46.9 Å². The van der Waals surface area contributed by atoms with Gasteiger partial charge in [0, 0.05) is 32.4 Å². The summed E-state index contributed by atoms with van der Waals surface area (Å²) in [5, 5.41) is 12.5. The zero-order valence-electron chi connectivity index (χ0n) is 23.8. The number of hydrogen-bond donors (Lipinski definition) is 2. The fraction of sp³-hybridized carbons (Fsp3) is 0.345. The highest BCUT2D eigenvalue weighted by Gasteiger charge is 2.41. The minimum Gasteiger partial charge on any atom is -0.478 e. The first-order valence-electron chi connectivity index (χ1n) is 13.6. The number of hydrogen-bond acceptors (Lipinski definition) is 9. The van der Waals surface area contributed by atoms with Crippen molar-refractivity contribution >= 4 is 61.7 Å². The molecule has 1 saturated heterocycles. The molecule has 1 aliphatic rings. The number of carbonyl (C=O) groups excluding carboxylic acids is 1. The van der Waals surface area contributed by atoms with Crippen LogP contribution in [0.2, 0.25) is 4.34 Å². The smallest absolute Gasteiger partial charge is 0.339 e. The molecule has 2 N–H and O–H groups in total. The van der Waals surface area contributed by atoms with Gasteiger partial charge in [0.15, 0.2) is 0 Å². The minimum atomic E-state index is -4.04. The van der Waals surface area contributed by atoms with Crippen molar-refractivity contribution in [2.45, 2.75) is 49.4 Å². The third-order valence-electron chi connectivity index (χ3n) is 7.83. The molecule has 5 rings (SSSR count). The molecule has 4 heterocycles. The molecule has 0 saturated carbocycles. The first kappa shape index (κ1) is 30.8. The number of aromatic nitrogens is 3. The summed E-state index contributed by atoms with van der Waals surface area (Å²) in [6.07, 6.45) is 5.07. The number of carboxylic acid groups (broad SMARTS) is 1. The summed E-state index contributed by atoms with van der Waals surface area (Å²) in [6, 6.07) is 9.84. The van der Waals surface area contributed by atoms with Crippen molar-refractivity contribution in [2.24, 2.45) is 0 Å². The van der Waals surface area contributed by atoms with Gasteiger partial charge in [0.1, 0.15) is 32.7 Å². The molecule has 14 heteroatoms. The number of halogens is 1. The van der Waals surface area contributed by atoms with E-state index < -0.39 is 27.9 Å². The highest BCUT2D eigenvalue weighted by Crippen LogP contribution is 2.31. The molecule has 1 aliphatic heterocycles. The Morgan fingerprint density at radius 2 is 1.86 bits per heavy atom. The largest absolute Gasteiger partial charge is 0.478 e. The molecule has 0 spiro atoms. The van der Waals surface area contributed by atoms with Gasteiger partial charge in [-0.25, -0.2) is 23.2 Å². The van der Waals surface area contributed by atoms with E-state index >= 15 is 0 Å². The maximum atomic E-state index is 13.7. The number of piperazine rings is 1. The maximum absolute atomic E-state index is 13.7. The lowest BCUT2D eigenvalue weighted by atomic mass is 9.82. The van der Waals surface area contributed by atoms with Crippen LogP contribution in [0.4, 0.5) is 5.82 Å². The third kappa shape index (κ3) is 6.35. The molecule has 0 radical (unpaired) electrons. The van der Waals surface area contributed by atoms with Crippen LogP contribution in [0, 0.1) is 0 Å². The Bertz CT molecular complexity index is 1780. The first-order valence-corrected chi connectivity index (χ1v) is 16.3. The lowest BCUT2D eigenvalue weighted by Crippen LogP contribution is -2.60. The first-order chi connectivity index (χ1) is 20.4. The second-order valence-corrected chi connectivity index (χ2v) is 14.7. The Morgan fingerprint density at radius 1 is 1.12 bits per heavy atom. The minimum absolute atomic E-state index is 0.0153. The van der Waals surface area contributed by atoms with Crippen LogP contribution in [0.3, 0.4) is 0 Å². The third-order valence-corrected chi connectivity index (χ3v) is 11.4. The van der Waals surface area contributed by atoms with Crippen molar-refractivity contribution in [3.8, 4) is 0 Å². The van der Waals surface area contributed by atoms with Crippen molar-refractivity contribution in [1.29, 1.82) is 0 Å². The number of amides is 1. The monoisotopic (exact) mass is 642 g/mol. The standard InChI is InChI=1S/C29H31ClN6O5S2/c1-4-29(2,3)19-7-5-18(6-8-19)13-33-27(37)22-17-35(11-12-36(22)43(40,41)25-10-9-23(30)42-25)24-16-32-21-15-31-14-20(28(38)39)26(21)34-24/h5-10,14-16,22H,4,11-13,17H2,1-3H3,(H,33,37)(H,38,39). The molecule has 43 heavy (non-hydrogen) atoms. The van der Waals surface area contributed by atoms with Crippen LogP contribution < -0.4 is 10.2 Å². The molecule has 11 nitrogen and oxygen atoms in total. The van der Waals surface area contributed by atoms with Crippen molar-refractivity contribution < 1.29 is 23.1 Å². The van der Waals surface area contributed by atoms with Crippen LogP contribution in [0.1, 0.15) is 48.7 Å². The maximum Gasteiger partial charge on any atom is 0.339 e. The van der Waals surface area contributed by atoms with Gasteiger partial charge in [0.2, 0.25) is 5.91 Å². The van der Waals surface area contributed by atoms with Gasteiger partial charge in [0.05, 0.1) is 16.7 Å². The van der Waals surface area contributed by atoms with Crippen LogP contribution in [-0.2, 0) is 26.8 Å². The molecule has 1 amide bonds. The van der Waals surface area contributed by atoms with Crippen LogP contribution in [0.25, 0.3) is 11.0 Å². The van der Waals surface area contributed by atoms with E-state index in [4.69, 9.17) is 11.6 Å². The predicted octanol–water partition coefficient (Wildman–Crippen LogP) is 4.32. The fourth-order valence-corrected chi connectivity index (χ4v) is 8.03. The van der Waals surface area contributed by atoms with Crippen LogP contribution in [0.15, 0.2) is 59.2 Å². The quantitative estimate of drug-likeness (QED) is 0.272. The number of aromatic carboxylic acids is 1. The van der Waals surface area contributed by atoms with Crippen LogP contribution in [0.5, 0.6) is 0 Å². The van der Waals surface area contributed by atoms with Gasteiger partial charge in [-0.3, -0.25) is 9.78 Å². The van der Waals surface area contributed by atoms with E-state index in [1.165, 1.54) is 40.6 Å². The fourth-order valence-electron chi connectivity index (χ4n) is 4.85. The zero-order valence-corrected chi connectivity index (χ0v) is 26.2. The number of carbonyl (C=O) groups is 2. The molecule has 4 aromatic rings. The molecule has 1 atom stereocenters. The normalized spacial score (nSPS) is 16.4. The number of sulfonamides is 1. The number of nitrogens with one attached hydrogen (secondary N) is 1. The van der Waals surface area contributed by atoms with Crippen molar-refractivity contribution in [2.75, 3.05) is 24.5 Å². The van der Waals surface area contributed by atoms with Gasteiger partial charge in [0.25, 0.3) is 10.0 Å². The molecular weight excluding hydrogens is 612 g/mol. The van der Waals surface area contributed by atoms with Gasteiger partial charge in [-0.2, -0.15) is 4.31 Å². The predicted molar refractivity (Wildman–Crippen MR) is 165 cm³/mol. The van der Waals surface area contributed by atoms with Gasteiger partial charge < -0.3 is 15.3 Å². The highest BCUT2D eigenvalue weighted by molar-refractivity contribution is 7.91. The highest BCUT2D eigenvalue weighted by atomic mass is 35.5. The van der Waals surface area contributed by atoms with E-state index in [1.807, 2.05) is 24.3 Å². The number of fused-ring (bicyclic) bond motifs is 1. The summed E-state index contributed by atoms with van der Waals surface area (Å²) < 4.78 is 28.9. The van der Waals surface area contributed by atoms with Crippen LogP contribution >= 0.6 is 22.9 Å². The average Bonchev–Trinajstić information content (AvgIpc) is 3.46. The van der Waals surface area contributed by atoms with Gasteiger partial charge in [-0.1, -0.05) is 56.6 Å². The van der Waals surface area contributed by atoms with Crippen molar-refractivity contribution in [1.82, 2.24) is 24.6 Å². The SMILES string of the molecule is CCC(C)(C)c1ccc(CNC(=O)C2CN(c3cnc4cncc(C(=O)O)c4n3)CCN2S(=O)(=O)c2ccc(Cl)s2)cc1. The second kappa shape index (κ2) is 12.2. The van der Waals surface area contributed by atoms with E-state index in [1.54, 1.807) is 4.90 Å². The molecule has 0 aliphatic carbocycles. The van der Waals surface area contributed by atoms with E-state index in [0.717, 1.165) is 23.3 Å². The van der Waals surface area contributed by atoms with E-state index in [9.17, 15) is 23.1 Å². The van der Waals surface area contributed by atoms with Gasteiger partial charge >= 0.3 is 5.97 Å². The number of nitrogens with zero attached hydrogens (tertiary/aromatic N) is 5. The summed E-state index contributed by atoms with van der Waals surface area (Å²) in [5.41, 5.74) is 2.45. The Labute approximate surface area is 258 Å². The lowest BCUT2D eigenvalue weighted by Gasteiger charge is -2.39. The Kier molecular flexibility index (Phi) is 8.70. The lowest BCUT2D eigenvalue weighted by molar-refractivity contribution is -0.125. The van der Waals surface area contributed by atoms with Crippen molar-refractivity contribution in [3.05, 3.63) is 76.0 Å². The number of carboxylic acids is 1. The summed E-state index contributed by atoms with van der Waals surface area (Å²) in [4.78, 5) is 39.9. The topological polar surface area (TPSA) is 146 Å². The molecular formula is C29H31ClN6O5S2. The van der Waals surface area contributed by atoms with Gasteiger partial charge in [-0.15, -0.1) is 11.3 Å². The molecule has 1 aromatic carbocycles. The number of thiophene rings is 1. The summed E-state index contributed by atoms with van der Waals surface area (Å²) >= 11 is 6.97. The number of benzene rings is 1. The molecule has 1 fully saturated rings. The summed E-state index contributed by atoms with van der Waals surface area (Å²) in [5.74, 6) is -1.35. The molecule has 0 bridgehead atoms. The molecule has 226 valence electrons. The molecule has 1 unspecified atom stereocenters. The Balaban J connectivity index is 1.42. The summed E-state index contributed by atoms with van der Waals surface area (Å²) in [7, 11) is -4.04. The average molecular weight is 643 g/mol.